The van der Waals surface area contributed by atoms with Crippen molar-refractivity contribution in [3.05, 3.63) is 34.9 Å². The molecular formula is C18H33N. The summed E-state index contributed by atoms with van der Waals surface area (Å²) in [6.07, 6.45) is 8.97. The van der Waals surface area contributed by atoms with Crippen molar-refractivity contribution in [2.75, 3.05) is 6.54 Å². The molecule has 0 heterocycles. The van der Waals surface area contributed by atoms with Crippen molar-refractivity contribution in [3.63, 3.8) is 0 Å². The highest BCUT2D eigenvalue weighted by molar-refractivity contribution is 5.35. The first-order valence-corrected chi connectivity index (χ1v) is 8.04. The predicted molar refractivity (Wildman–Crippen MR) is 87.8 cm³/mol. The molecule has 2 N–H and O–H groups in total. The van der Waals surface area contributed by atoms with E-state index >= 15 is 0 Å². The van der Waals surface area contributed by atoms with Crippen molar-refractivity contribution in [2.24, 2.45) is 5.73 Å². The van der Waals surface area contributed by atoms with E-state index in [2.05, 4.69) is 39.0 Å². The molecule has 0 amide bonds. The molecule has 1 rings (SSSR count). The van der Waals surface area contributed by atoms with E-state index in [9.17, 15) is 0 Å². The monoisotopic (exact) mass is 263 g/mol. The zero-order valence-electron chi connectivity index (χ0n) is 13.5. The largest absolute Gasteiger partial charge is 0.331 e. The fraction of sp³-hybridized carbons (Fsp3) is 0.667. The molecular weight excluding hydrogens is 230 g/mol. The lowest BCUT2D eigenvalue weighted by Crippen LogP contribution is -2.00. The maximum Gasteiger partial charge on any atom is -0.0106 e. The summed E-state index contributed by atoms with van der Waals surface area (Å²) in [7, 11) is 0. The summed E-state index contributed by atoms with van der Waals surface area (Å²) in [6.45, 7) is 9.48. The quantitative estimate of drug-likeness (QED) is 0.744. The smallest absolute Gasteiger partial charge is 0.0106 e. The van der Waals surface area contributed by atoms with Crippen LogP contribution in [-0.2, 0) is 19.3 Å². The lowest BCUT2D eigenvalue weighted by atomic mass is 9.92. The Bertz CT molecular complexity index is 317. The molecule has 0 spiro atoms. The van der Waals surface area contributed by atoms with Gasteiger partial charge in [-0.2, -0.15) is 0 Å². The SMILES string of the molecule is CCCCc1cccc(CC)c1CCCC.CCN. The van der Waals surface area contributed by atoms with Crippen LogP contribution in [0.2, 0.25) is 0 Å². The summed E-state index contributed by atoms with van der Waals surface area (Å²) in [5.74, 6) is 0. The van der Waals surface area contributed by atoms with Crippen LogP contribution < -0.4 is 5.73 Å². The lowest BCUT2D eigenvalue weighted by Gasteiger charge is -2.13. The molecule has 1 aromatic carbocycles. The Morgan fingerprint density at radius 2 is 1.37 bits per heavy atom. The first-order valence-electron chi connectivity index (χ1n) is 8.04. The second-order valence-corrected chi connectivity index (χ2v) is 5.02. The Kier molecular flexibility index (Phi) is 11.7. The minimum atomic E-state index is 0.750. The highest BCUT2D eigenvalue weighted by Crippen LogP contribution is 2.20. The van der Waals surface area contributed by atoms with Gasteiger partial charge in [0.2, 0.25) is 0 Å². The van der Waals surface area contributed by atoms with E-state index in [1.807, 2.05) is 6.92 Å². The van der Waals surface area contributed by atoms with Gasteiger partial charge in [-0.15, -0.1) is 0 Å². The van der Waals surface area contributed by atoms with E-state index in [0.717, 1.165) is 6.54 Å². The molecule has 0 unspecified atom stereocenters. The van der Waals surface area contributed by atoms with Crippen molar-refractivity contribution in [1.82, 2.24) is 0 Å². The molecule has 19 heavy (non-hydrogen) atoms. The lowest BCUT2D eigenvalue weighted by molar-refractivity contribution is 0.751. The van der Waals surface area contributed by atoms with Gasteiger partial charge in [0.15, 0.2) is 0 Å². The Morgan fingerprint density at radius 1 is 0.842 bits per heavy atom. The van der Waals surface area contributed by atoms with Gasteiger partial charge in [0, 0.05) is 0 Å². The molecule has 0 aliphatic carbocycles. The van der Waals surface area contributed by atoms with E-state index in [4.69, 9.17) is 5.73 Å². The Labute approximate surface area is 120 Å². The normalized spacial score (nSPS) is 9.95. The maximum atomic E-state index is 4.85. The molecule has 0 saturated heterocycles. The van der Waals surface area contributed by atoms with Gasteiger partial charge in [-0.3, -0.25) is 0 Å². The van der Waals surface area contributed by atoms with Crippen LogP contribution in [-0.4, -0.2) is 6.54 Å². The van der Waals surface area contributed by atoms with Gasteiger partial charge in [-0.25, -0.2) is 0 Å². The van der Waals surface area contributed by atoms with Crippen molar-refractivity contribution in [2.45, 2.75) is 72.6 Å². The zero-order valence-corrected chi connectivity index (χ0v) is 13.5. The predicted octanol–water partition coefficient (Wildman–Crippen LogP) is 4.90. The molecule has 0 aliphatic heterocycles. The van der Waals surface area contributed by atoms with Gasteiger partial charge >= 0.3 is 0 Å². The first kappa shape index (κ1) is 18.2. The number of rotatable bonds is 7. The summed E-state index contributed by atoms with van der Waals surface area (Å²) >= 11 is 0. The van der Waals surface area contributed by atoms with Gasteiger partial charge in [0.1, 0.15) is 0 Å². The molecule has 0 atom stereocenters. The fourth-order valence-corrected chi connectivity index (χ4v) is 2.30. The molecule has 0 fully saturated rings. The Morgan fingerprint density at radius 3 is 1.89 bits per heavy atom. The standard InChI is InChI=1S/C16H26.C2H7N/c1-4-7-10-15-12-9-11-14(6-3)16(15)13-8-5-2;1-2-3/h9,11-12H,4-8,10,13H2,1-3H3;2-3H2,1H3. The molecule has 110 valence electrons. The second-order valence-electron chi connectivity index (χ2n) is 5.02. The van der Waals surface area contributed by atoms with Gasteiger partial charge in [-0.05, 0) is 55.3 Å². The third kappa shape index (κ3) is 7.37. The first-order chi connectivity index (χ1) is 9.24. The third-order valence-electron chi connectivity index (χ3n) is 3.33. The maximum absolute atomic E-state index is 4.85. The molecule has 0 aromatic heterocycles. The Hall–Kier alpha value is -0.820. The molecule has 1 nitrogen and oxygen atoms in total. The molecule has 0 saturated carbocycles. The Balaban J connectivity index is 0.000000982. The topological polar surface area (TPSA) is 26.0 Å². The van der Waals surface area contributed by atoms with E-state index in [0.29, 0.717) is 0 Å². The van der Waals surface area contributed by atoms with Crippen LogP contribution in [0.25, 0.3) is 0 Å². The van der Waals surface area contributed by atoms with Crippen LogP contribution in [0.3, 0.4) is 0 Å². The minimum absolute atomic E-state index is 0.750. The molecule has 1 heteroatoms. The van der Waals surface area contributed by atoms with Crippen molar-refractivity contribution >= 4 is 0 Å². The number of hydrogen-bond donors (Lipinski definition) is 1. The van der Waals surface area contributed by atoms with E-state index in [-0.39, 0.29) is 0 Å². The van der Waals surface area contributed by atoms with Crippen molar-refractivity contribution in [3.8, 4) is 0 Å². The number of hydrogen-bond acceptors (Lipinski definition) is 1. The summed E-state index contributed by atoms with van der Waals surface area (Å²) in [5.41, 5.74) is 9.68. The van der Waals surface area contributed by atoms with Crippen LogP contribution in [0.4, 0.5) is 0 Å². The van der Waals surface area contributed by atoms with Crippen LogP contribution in [0.1, 0.15) is 70.1 Å². The second kappa shape index (κ2) is 12.2. The van der Waals surface area contributed by atoms with Crippen molar-refractivity contribution < 1.29 is 0 Å². The third-order valence-corrected chi connectivity index (χ3v) is 3.33. The van der Waals surface area contributed by atoms with Gasteiger partial charge in [0.25, 0.3) is 0 Å². The van der Waals surface area contributed by atoms with Gasteiger partial charge in [0.05, 0.1) is 0 Å². The average Bonchev–Trinajstić information content (AvgIpc) is 2.43. The van der Waals surface area contributed by atoms with Crippen LogP contribution in [0, 0.1) is 0 Å². The number of benzene rings is 1. The molecule has 0 radical (unpaired) electrons. The highest BCUT2D eigenvalue weighted by atomic mass is 14.5. The van der Waals surface area contributed by atoms with E-state index in [1.54, 1.807) is 16.7 Å². The molecule has 1 aromatic rings. The summed E-state index contributed by atoms with van der Waals surface area (Å²) in [6, 6.07) is 6.87. The average molecular weight is 263 g/mol. The van der Waals surface area contributed by atoms with Gasteiger partial charge in [-0.1, -0.05) is 58.7 Å². The number of unbranched alkanes of at least 4 members (excludes halogenated alkanes) is 2. The summed E-state index contributed by atoms with van der Waals surface area (Å²) in [4.78, 5) is 0. The highest BCUT2D eigenvalue weighted by Gasteiger charge is 2.06. The number of aryl methyl sites for hydroxylation is 2. The zero-order chi connectivity index (χ0) is 14.5. The molecule has 0 bridgehead atoms. The van der Waals surface area contributed by atoms with Crippen LogP contribution in [0.5, 0.6) is 0 Å². The van der Waals surface area contributed by atoms with Crippen molar-refractivity contribution in [1.29, 1.82) is 0 Å². The van der Waals surface area contributed by atoms with Crippen LogP contribution >= 0.6 is 0 Å². The molecule has 0 aliphatic rings. The fourth-order valence-electron chi connectivity index (χ4n) is 2.30. The summed E-state index contributed by atoms with van der Waals surface area (Å²) < 4.78 is 0. The van der Waals surface area contributed by atoms with E-state index in [1.165, 1.54) is 44.9 Å². The van der Waals surface area contributed by atoms with Crippen LogP contribution in [0.15, 0.2) is 18.2 Å². The van der Waals surface area contributed by atoms with E-state index < -0.39 is 0 Å². The number of nitrogens with two attached hydrogens (primary N) is 1. The summed E-state index contributed by atoms with van der Waals surface area (Å²) in [5, 5.41) is 0. The van der Waals surface area contributed by atoms with Gasteiger partial charge < -0.3 is 5.73 Å². The minimum Gasteiger partial charge on any atom is -0.331 e.